The second-order valence-corrected chi connectivity index (χ2v) is 6.70. The van der Waals surface area contributed by atoms with Crippen molar-refractivity contribution in [1.82, 2.24) is 10.3 Å². The van der Waals surface area contributed by atoms with Crippen molar-refractivity contribution in [2.24, 2.45) is 0 Å². The normalized spacial score (nSPS) is 19.9. The van der Waals surface area contributed by atoms with Gasteiger partial charge in [0.15, 0.2) is 0 Å². The molecule has 0 aliphatic carbocycles. The highest BCUT2D eigenvalue weighted by atomic mass is 16.5. The van der Waals surface area contributed by atoms with Crippen LogP contribution in [0, 0.1) is 0 Å². The van der Waals surface area contributed by atoms with Gasteiger partial charge in [0.25, 0.3) is 11.5 Å². The Kier molecular flexibility index (Phi) is 5.85. The zero-order valence-corrected chi connectivity index (χ0v) is 15.1. The van der Waals surface area contributed by atoms with Gasteiger partial charge in [0.05, 0.1) is 25.4 Å². The number of hydrogen-bond acceptors (Lipinski definition) is 4. The summed E-state index contributed by atoms with van der Waals surface area (Å²) in [5.41, 5.74) is 1.58. The Labute approximate surface area is 152 Å². The van der Waals surface area contributed by atoms with Crippen LogP contribution in [0.1, 0.15) is 30.6 Å². The first-order valence-electron chi connectivity index (χ1n) is 8.80. The highest BCUT2D eigenvalue weighted by Gasteiger charge is 2.28. The van der Waals surface area contributed by atoms with E-state index in [0.717, 1.165) is 5.39 Å². The molecule has 1 aliphatic rings. The molecular formula is C20H24N2O4. The molecule has 1 aromatic carbocycles. The van der Waals surface area contributed by atoms with Crippen molar-refractivity contribution >= 4 is 16.8 Å². The Hall–Kier alpha value is -2.44. The number of ether oxygens (including phenoxy) is 2. The number of rotatable bonds is 5. The first kappa shape index (κ1) is 18.4. The van der Waals surface area contributed by atoms with E-state index in [1.807, 2.05) is 38.1 Å². The lowest BCUT2D eigenvalue weighted by Crippen LogP contribution is -2.51. The van der Waals surface area contributed by atoms with E-state index >= 15 is 0 Å². The lowest BCUT2D eigenvalue weighted by molar-refractivity contribution is -0.0457. The number of nitrogens with one attached hydrogen (secondary N) is 2. The average Bonchev–Trinajstić information content (AvgIpc) is 2.62. The molecule has 2 aromatic rings. The number of hydrogen-bond donors (Lipinski definition) is 2. The SMILES string of the molecule is CC(C)=CCO[C@H]1CCOC[C@H]1NC(=O)c1cc2ccccc2[nH]c1=O. The van der Waals surface area contributed by atoms with E-state index in [1.165, 1.54) is 5.57 Å². The minimum atomic E-state index is -0.414. The number of aromatic nitrogens is 1. The van der Waals surface area contributed by atoms with Gasteiger partial charge in [0, 0.05) is 12.1 Å². The van der Waals surface area contributed by atoms with Crippen molar-refractivity contribution in [2.75, 3.05) is 19.8 Å². The van der Waals surface area contributed by atoms with Gasteiger partial charge in [-0.3, -0.25) is 9.59 Å². The Bertz CT molecular complexity index is 867. The van der Waals surface area contributed by atoms with Crippen molar-refractivity contribution in [3.63, 3.8) is 0 Å². The highest BCUT2D eigenvalue weighted by Crippen LogP contribution is 2.14. The van der Waals surface area contributed by atoms with Crippen LogP contribution in [0.15, 0.2) is 46.8 Å². The van der Waals surface area contributed by atoms with Gasteiger partial charge in [-0.15, -0.1) is 0 Å². The van der Waals surface area contributed by atoms with Crippen molar-refractivity contribution < 1.29 is 14.3 Å². The van der Waals surface area contributed by atoms with Crippen LogP contribution in [-0.4, -0.2) is 42.9 Å². The lowest BCUT2D eigenvalue weighted by atomic mass is 10.1. The largest absolute Gasteiger partial charge is 0.379 e. The number of benzene rings is 1. The fourth-order valence-electron chi connectivity index (χ4n) is 2.95. The number of H-pyrrole nitrogens is 1. The molecule has 2 heterocycles. The molecule has 2 N–H and O–H groups in total. The number of carbonyl (C=O) groups excluding carboxylic acids is 1. The number of allylic oxidation sites excluding steroid dienone is 1. The van der Waals surface area contributed by atoms with E-state index in [0.29, 0.717) is 31.8 Å². The van der Waals surface area contributed by atoms with E-state index in [9.17, 15) is 9.59 Å². The highest BCUT2D eigenvalue weighted by molar-refractivity contribution is 5.97. The monoisotopic (exact) mass is 356 g/mol. The summed E-state index contributed by atoms with van der Waals surface area (Å²) in [6.07, 6.45) is 2.57. The lowest BCUT2D eigenvalue weighted by Gasteiger charge is -2.31. The number of para-hydroxylation sites is 1. The molecule has 2 atom stereocenters. The molecule has 1 fully saturated rings. The maximum Gasteiger partial charge on any atom is 0.261 e. The van der Waals surface area contributed by atoms with Crippen molar-refractivity contribution in [1.29, 1.82) is 0 Å². The van der Waals surface area contributed by atoms with Gasteiger partial charge >= 0.3 is 0 Å². The molecule has 26 heavy (non-hydrogen) atoms. The van der Waals surface area contributed by atoms with Crippen LogP contribution in [0.2, 0.25) is 0 Å². The van der Waals surface area contributed by atoms with Crippen LogP contribution in [0.25, 0.3) is 10.9 Å². The maximum atomic E-state index is 12.7. The summed E-state index contributed by atoms with van der Waals surface area (Å²) in [5, 5.41) is 3.71. The maximum absolute atomic E-state index is 12.7. The van der Waals surface area contributed by atoms with Gasteiger partial charge in [-0.1, -0.05) is 29.8 Å². The Morgan fingerprint density at radius 2 is 2.19 bits per heavy atom. The van der Waals surface area contributed by atoms with Crippen LogP contribution in [0.4, 0.5) is 0 Å². The van der Waals surface area contributed by atoms with E-state index in [1.54, 1.807) is 12.1 Å². The third-order valence-corrected chi connectivity index (χ3v) is 4.41. The van der Waals surface area contributed by atoms with E-state index < -0.39 is 11.5 Å². The zero-order chi connectivity index (χ0) is 18.5. The summed E-state index contributed by atoms with van der Waals surface area (Å²) in [5.74, 6) is -0.414. The Morgan fingerprint density at radius 3 is 3.00 bits per heavy atom. The van der Waals surface area contributed by atoms with Gasteiger partial charge in [0.1, 0.15) is 5.56 Å². The number of amides is 1. The Balaban J connectivity index is 1.74. The molecule has 0 unspecified atom stereocenters. The quantitative estimate of drug-likeness (QED) is 0.806. The van der Waals surface area contributed by atoms with Gasteiger partial charge in [-0.05, 0) is 37.8 Å². The second-order valence-electron chi connectivity index (χ2n) is 6.70. The molecule has 1 aliphatic heterocycles. The first-order valence-corrected chi connectivity index (χ1v) is 8.80. The van der Waals surface area contributed by atoms with Crippen molar-refractivity contribution in [3.8, 4) is 0 Å². The third kappa shape index (κ3) is 4.39. The molecule has 0 spiro atoms. The van der Waals surface area contributed by atoms with Crippen molar-refractivity contribution in [3.05, 3.63) is 57.9 Å². The van der Waals surface area contributed by atoms with Crippen LogP contribution >= 0.6 is 0 Å². The number of aromatic amines is 1. The fraction of sp³-hybridized carbons (Fsp3) is 0.400. The van der Waals surface area contributed by atoms with E-state index in [4.69, 9.17) is 9.47 Å². The van der Waals surface area contributed by atoms with Crippen LogP contribution in [-0.2, 0) is 9.47 Å². The summed E-state index contributed by atoms with van der Waals surface area (Å²) < 4.78 is 11.4. The van der Waals surface area contributed by atoms with Crippen LogP contribution in [0.5, 0.6) is 0 Å². The molecule has 3 rings (SSSR count). The molecule has 6 heteroatoms. The fourth-order valence-corrected chi connectivity index (χ4v) is 2.95. The minimum absolute atomic E-state index is 0.0947. The number of carbonyl (C=O) groups is 1. The van der Waals surface area contributed by atoms with Gasteiger partial charge in [-0.25, -0.2) is 0 Å². The second kappa shape index (κ2) is 8.29. The van der Waals surface area contributed by atoms with Crippen LogP contribution < -0.4 is 10.9 Å². The Morgan fingerprint density at radius 1 is 1.38 bits per heavy atom. The average molecular weight is 356 g/mol. The molecule has 0 bridgehead atoms. The van der Waals surface area contributed by atoms with Gasteiger partial charge < -0.3 is 19.8 Å². The molecule has 1 amide bonds. The standard InChI is InChI=1S/C20H24N2O4/c1-13(2)7-10-26-18-8-9-25-12-17(18)22-20(24)15-11-14-5-3-4-6-16(14)21-19(15)23/h3-7,11,17-18H,8-10,12H2,1-2H3,(H,21,23)(H,22,24)/t17-,18+/m1/s1. The first-order chi connectivity index (χ1) is 12.5. The molecule has 0 saturated carbocycles. The minimum Gasteiger partial charge on any atom is -0.379 e. The summed E-state index contributed by atoms with van der Waals surface area (Å²) in [4.78, 5) is 27.7. The predicted molar refractivity (Wildman–Crippen MR) is 100 cm³/mol. The third-order valence-electron chi connectivity index (χ3n) is 4.41. The number of pyridine rings is 1. The zero-order valence-electron chi connectivity index (χ0n) is 15.1. The smallest absolute Gasteiger partial charge is 0.261 e. The number of fused-ring (bicyclic) bond motifs is 1. The van der Waals surface area contributed by atoms with Gasteiger partial charge in [0.2, 0.25) is 0 Å². The summed E-state index contributed by atoms with van der Waals surface area (Å²) in [6.45, 7) is 5.49. The van der Waals surface area contributed by atoms with E-state index in [2.05, 4.69) is 10.3 Å². The molecular weight excluding hydrogens is 332 g/mol. The summed E-state index contributed by atoms with van der Waals surface area (Å²) >= 11 is 0. The van der Waals surface area contributed by atoms with Crippen LogP contribution in [0.3, 0.4) is 0 Å². The topological polar surface area (TPSA) is 80.4 Å². The van der Waals surface area contributed by atoms with E-state index in [-0.39, 0.29) is 17.7 Å². The summed E-state index contributed by atoms with van der Waals surface area (Å²) in [6, 6.07) is 8.70. The summed E-state index contributed by atoms with van der Waals surface area (Å²) in [7, 11) is 0. The molecule has 1 aromatic heterocycles. The molecule has 1 saturated heterocycles. The molecule has 138 valence electrons. The molecule has 0 radical (unpaired) electrons. The molecule has 6 nitrogen and oxygen atoms in total. The predicted octanol–water partition coefficient (Wildman–Crippen LogP) is 2.40. The van der Waals surface area contributed by atoms with Crippen molar-refractivity contribution in [2.45, 2.75) is 32.4 Å². The van der Waals surface area contributed by atoms with Gasteiger partial charge in [-0.2, -0.15) is 0 Å².